The van der Waals surface area contributed by atoms with Crippen molar-refractivity contribution in [3.63, 3.8) is 0 Å². The highest BCUT2D eigenvalue weighted by Crippen LogP contribution is 2.40. The van der Waals surface area contributed by atoms with Crippen molar-refractivity contribution in [1.82, 2.24) is 9.97 Å². The number of benzene rings is 1. The van der Waals surface area contributed by atoms with E-state index in [4.69, 9.17) is 20.6 Å². The Morgan fingerprint density at radius 2 is 2.04 bits per heavy atom. The number of hydrogen-bond acceptors (Lipinski definition) is 7. The van der Waals surface area contributed by atoms with E-state index in [1.54, 1.807) is 13.2 Å². The van der Waals surface area contributed by atoms with Crippen molar-refractivity contribution in [1.29, 1.82) is 5.41 Å². The summed E-state index contributed by atoms with van der Waals surface area (Å²) in [5.41, 5.74) is 7.99. The molecule has 0 atom stereocenters. The molecule has 0 bridgehead atoms. The smallest absolute Gasteiger partial charge is 0.132 e. The average molecular weight is 353 g/mol. The molecule has 2 fully saturated rings. The van der Waals surface area contributed by atoms with E-state index in [1.165, 1.54) is 6.33 Å². The molecule has 3 N–H and O–H groups in total. The minimum Gasteiger partial charge on any atom is -0.488 e. The Morgan fingerprint density at radius 1 is 1.27 bits per heavy atom. The molecule has 0 unspecified atom stereocenters. The zero-order valence-electron chi connectivity index (χ0n) is 15.0. The standard InChI is InChI=1S/C19H23N5O2/c1-19(5-6-19)26-12-3-4-15(20)14(7-12)18(21)16-8-17(23-11-22-16)24-9-13(10-24)25-2/h3-4,7-8,11,13,21H,5-6,9-10,20H2,1-2H3. The lowest BCUT2D eigenvalue weighted by Crippen LogP contribution is -2.52. The molecule has 2 aromatic rings. The van der Waals surface area contributed by atoms with Crippen molar-refractivity contribution in [3.8, 4) is 5.75 Å². The van der Waals surface area contributed by atoms with Gasteiger partial charge < -0.3 is 20.1 Å². The van der Waals surface area contributed by atoms with Crippen molar-refractivity contribution in [2.75, 3.05) is 30.8 Å². The molecular formula is C19H23N5O2. The zero-order valence-corrected chi connectivity index (χ0v) is 15.0. The second kappa shape index (κ2) is 6.25. The first-order valence-corrected chi connectivity index (χ1v) is 8.75. The molecule has 1 aromatic heterocycles. The number of nitrogens with zero attached hydrogens (tertiary/aromatic N) is 3. The first-order chi connectivity index (χ1) is 12.5. The van der Waals surface area contributed by atoms with E-state index >= 15 is 0 Å². The molecule has 1 saturated carbocycles. The van der Waals surface area contributed by atoms with Gasteiger partial charge in [-0.15, -0.1) is 0 Å². The van der Waals surface area contributed by atoms with Crippen molar-refractivity contribution in [2.24, 2.45) is 0 Å². The van der Waals surface area contributed by atoms with Crippen LogP contribution in [0.3, 0.4) is 0 Å². The van der Waals surface area contributed by atoms with Gasteiger partial charge >= 0.3 is 0 Å². The summed E-state index contributed by atoms with van der Waals surface area (Å²) in [5, 5.41) is 8.57. The second-order valence-corrected chi connectivity index (χ2v) is 7.20. The largest absolute Gasteiger partial charge is 0.488 e. The van der Waals surface area contributed by atoms with Crippen molar-refractivity contribution >= 4 is 17.2 Å². The summed E-state index contributed by atoms with van der Waals surface area (Å²) >= 11 is 0. The van der Waals surface area contributed by atoms with E-state index in [1.807, 2.05) is 18.2 Å². The molecule has 7 nitrogen and oxygen atoms in total. The van der Waals surface area contributed by atoms with Gasteiger partial charge in [0, 0.05) is 37.5 Å². The summed E-state index contributed by atoms with van der Waals surface area (Å²) in [5.74, 6) is 1.53. The van der Waals surface area contributed by atoms with E-state index < -0.39 is 0 Å². The molecule has 136 valence electrons. The fourth-order valence-corrected chi connectivity index (χ4v) is 2.95. The molecule has 1 aliphatic carbocycles. The van der Waals surface area contributed by atoms with Crippen LogP contribution in [0.2, 0.25) is 0 Å². The average Bonchev–Trinajstić information content (AvgIpc) is 3.32. The van der Waals surface area contributed by atoms with Crippen LogP contribution in [0.5, 0.6) is 5.75 Å². The summed E-state index contributed by atoms with van der Waals surface area (Å²) in [6, 6.07) is 7.29. The third kappa shape index (κ3) is 3.22. The number of methoxy groups -OCH3 is 1. The van der Waals surface area contributed by atoms with Crippen LogP contribution >= 0.6 is 0 Å². The van der Waals surface area contributed by atoms with Crippen LogP contribution in [-0.2, 0) is 4.74 Å². The molecule has 1 aromatic carbocycles. The zero-order chi connectivity index (χ0) is 18.3. The highest BCUT2D eigenvalue weighted by Gasteiger charge is 2.40. The number of nitrogen functional groups attached to an aromatic ring is 1. The molecule has 2 aliphatic rings. The maximum atomic E-state index is 8.57. The Bertz CT molecular complexity index is 844. The lowest BCUT2D eigenvalue weighted by molar-refractivity contribution is 0.0783. The maximum Gasteiger partial charge on any atom is 0.132 e. The SMILES string of the molecule is COC1CN(c2cc(C(=N)c3cc(OC4(C)CC4)ccc3N)ncn2)C1. The van der Waals surface area contributed by atoms with Crippen LogP contribution in [0.25, 0.3) is 0 Å². The van der Waals surface area contributed by atoms with Crippen LogP contribution in [-0.4, -0.2) is 47.6 Å². The lowest BCUT2D eigenvalue weighted by Gasteiger charge is -2.38. The van der Waals surface area contributed by atoms with Crippen LogP contribution in [0.4, 0.5) is 11.5 Å². The maximum absolute atomic E-state index is 8.57. The highest BCUT2D eigenvalue weighted by atomic mass is 16.5. The van der Waals surface area contributed by atoms with Gasteiger partial charge in [-0.3, -0.25) is 5.41 Å². The third-order valence-corrected chi connectivity index (χ3v) is 5.03. The highest BCUT2D eigenvalue weighted by molar-refractivity contribution is 6.13. The van der Waals surface area contributed by atoms with E-state index in [9.17, 15) is 0 Å². The Labute approximate surface area is 152 Å². The number of nitrogens with one attached hydrogen (secondary N) is 1. The molecule has 2 heterocycles. The Balaban J connectivity index is 1.56. The summed E-state index contributed by atoms with van der Waals surface area (Å²) < 4.78 is 11.3. The Hall–Kier alpha value is -2.67. The van der Waals surface area contributed by atoms with Crippen molar-refractivity contribution in [3.05, 3.63) is 41.9 Å². The molecular weight excluding hydrogens is 330 g/mol. The topological polar surface area (TPSA) is 97.3 Å². The minimum absolute atomic E-state index is 0.0763. The monoisotopic (exact) mass is 353 g/mol. The number of aromatic nitrogens is 2. The van der Waals surface area contributed by atoms with Gasteiger partial charge in [0.1, 0.15) is 23.5 Å². The van der Waals surface area contributed by atoms with Gasteiger partial charge in [0.2, 0.25) is 0 Å². The third-order valence-electron chi connectivity index (χ3n) is 5.03. The van der Waals surface area contributed by atoms with E-state index in [-0.39, 0.29) is 17.4 Å². The van der Waals surface area contributed by atoms with E-state index in [2.05, 4.69) is 21.8 Å². The van der Waals surface area contributed by atoms with E-state index in [0.717, 1.165) is 37.5 Å². The predicted molar refractivity (Wildman–Crippen MR) is 100 cm³/mol. The summed E-state index contributed by atoms with van der Waals surface area (Å²) in [6.45, 7) is 3.68. The molecule has 26 heavy (non-hydrogen) atoms. The van der Waals surface area contributed by atoms with Gasteiger partial charge in [-0.2, -0.15) is 0 Å². The van der Waals surface area contributed by atoms with Crippen LogP contribution in [0, 0.1) is 5.41 Å². The number of hydrogen-bond donors (Lipinski definition) is 2. The number of nitrogens with two attached hydrogens (primary N) is 1. The van der Waals surface area contributed by atoms with Gasteiger partial charge in [-0.05, 0) is 38.0 Å². The first-order valence-electron chi connectivity index (χ1n) is 8.75. The minimum atomic E-state index is -0.0763. The van der Waals surface area contributed by atoms with Crippen LogP contribution in [0.1, 0.15) is 31.0 Å². The normalized spacial score (nSPS) is 18.3. The lowest BCUT2D eigenvalue weighted by atomic mass is 10.0. The van der Waals surface area contributed by atoms with Gasteiger partial charge in [-0.25, -0.2) is 9.97 Å². The molecule has 0 spiro atoms. The van der Waals surface area contributed by atoms with E-state index in [0.29, 0.717) is 16.9 Å². The molecule has 1 aliphatic heterocycles. The first kappa shape index (κ1) is 16.8. The predicted octanol–water partition coefficient (Wildman–Crippen LogP) is 2.24. The summed E-state index contributed by atoms with van der Waals surface area (Å²) in [4.78, 5) is 10.7. The molecule has 0 amide bonds. The fourth-order valence-electron chi connectivity index (χ4n) is 2.95. The Morgan fingerprint density at radius 3 is 2.73 bits per heavy atom. The van der Waals surface area contributed by atoms with Gasteiger partial charge in [0.25, 0.3) is 0 Å². The molecule has 7 heteroatoms. The summed E-state index contributed by atoms with van der Waals surface area (Å²) in [6.07, 6.45) is 3.83. The van der Waals surface area contributed by atoms with Crippen molar-refractivity contribution < 1.29 is 9.47 Å². The summed E-state index contributed by atoms with van der Waals surface area (Å²) in [7, 11) is 1.71. The quantitative estimate of drug-likeness (QED) is 0.611. The number of ether oxygens (including phenoxy) is 2. The second-order valence-electron chi connectivity index (χ2n) is 7.20. The van der Waals surface area contributed by atoms with Gasteiger partial charge in [-0.1, -0.05) is 0 Å². The molecule has 1 saturated heterocycles. The molecule has 4 rings (SSSR count). The number of anilines is 2. The van der Waals surface area contributed by atoms with Gasteiger partial charge in [0.15, 0.2) is 0 Å². The fraction of sp³-hybridized carbons (Fsp3) is 0.421. The molecule has 0 radical (unpaired) electrons. The van der Waals surface area contributed by atoms with Gasteiger partial charge in [0.05, 0.1) is 17.5 Å². The van der Waals surface area contributed by atoms with Crippen molar-refractivity contribution in [2.45, 2.75) is 31.5 Å². The van der Waals surface area contributed by atoms with Crippen LogP contribution < -0.4 is 15.4 Å². The van der Waals surface area contributed by atoms with Crippen LogP contribution in [0.15, 0.2) is 30.6 Å². The number of rotatable bonds is 6. The Kier molecular flexibility index (Phi) is 4.03.